The van der Waals surface area contributed by atoms with Crippen molar-refractivity contribution in [2.24, 2.45) is 0 Å². The van der Waals surface area contributed by atoms with Gasteiger partial charge in [-0.1, -0.05) is 24.3 Å². The van der Waals surface area contributed by atoms with Crippen LogP contribution in [0.1, 0.15) is 24.0 Å². The molecule has 132 valence electrons. The second kappa shape index (κ2) is 8.32. The van der Waals surface area contributed by atoms with E-state index in [2.05, 4.69) is 57.5 Å². The van der Waals surface area contributed by atoms with Crippen LogP contribution in [0.2, 0.25) is 0 Å². The molecule has 3 N–H and O–H groups in total. The minimum absolute atomic E-state index is 0. The summed E-state index contributed by atoms with van der Waals surface area (Å²) < 4.78 is 0. The van der Waals surface area contributed by atoms with Crippen molar-refractivity contribution in [1.29, 1.82) is 0 Å². The van der Waals surface area contributed by atoms with E-state index in [1.165, 1.54) is 21.2 Å². The van der Waals surface area contributed by atoms with Crippen LogP contribution in [0.25, 0.3) is 0 Å². The highest BCUT2D eigenvalue weighted by Gasteiger charge is 2.43. The lowest BCUT2D eigenvalue weighted by atomic mass is 9.78. The number of aliphatic hydroxyl groups is 1. The van der Waals surface area contributed by atoms with Crippen LogP contribution in [0, 0.1) is 0 Å². The zero-order valence-electron chi connectivity index (χ0n) is 14.4. The summed E-state index contributed by atoms with van der Waals surface area (Å²) in [6.45, 7) is 1.06. The molecule has 2 aromatic rings. The Morgan fingerprint density at radius 3 is 1.83 bits per heavy atom. The van der Waals surface area contributed by atoms with Crippen LogP contribution in [0.4, 0.5) is 11.4 Å². The molecule has 0 atom stereocenters. The molecule has 2 aromatic carbocycles. The average Bonchev–Trinajstić information content (AvgIpc) is 2.53. The van der Waals surface area contributed by atoms with Gasteiger partial charge in [-0.3, -0.25) is 4.90 Å². The highest BCUT2D eigenvalue weighted by Crippen LogP contribution is 2.42. The van der Waals surface area contributed by atoms with E-state index in [1.54, 1.807) is 0 Å². The first-order valence-corrected chi connectivity index (χ1v) is 8.09. The zero-order valence-corrected chi connectivity index (χ0v) is 16.0. The quantitative estimate of drug-likeness (QED) is 0.494. The van der Waals surface area contributed by atoms with Gasteiger partial charge in [-0.25, -0.2) is 0 Å². The van der Waals surface area contributed by atoms with Gasteiger partial charge in [0.1, 0.15) is 17.0 Å². The highest BCUT2D eigenvalue weighted by molar-refractivity contribution is 5.60. The van der Waals surface area contributed by atoms with E-state index in [4.69, 9.17) is 0 Å². The van der Waals surface area contributed by atoms with Crippen LogP contribution in [0.5, 0.6) is 0 Å². The topological polar surface area (TPSA) is 29.1 Å². The summed E-state index contributed by atoms with van der Waals surface area (Å²) in [5.41, 5.74) is 3.60. The van der Waals surface area contributed by atoms with Gasteiger partial charge < -0.3 is 34.8 Å². The van der Waals surface area contributed by atoms with E-state index in [9.17, 15) is 5.11 Å². The molecule has 24 heavy (non-hydrogen) atoms. The molecule has 3 rings (SSSR count). The number of fused-ring (bicyclic) bond motifs is 2. The predicted octanol–water partition coefficient (Wildman–Crippen LogP) is -5.35. The molecule has 1 heterocycles. The smallest absolute Gasteiger partial charge is 0.142 e. The first kappa shape index (κ1) is 20.9. The average molecular weight is 369 g/mol. The van der Waals surface area contributed by atoms with Gasteiger partial charge in [0.05, 0.1) is 27.7 Å². The molecule has 5 heteroatoms. The van der Waals surface area contributed by atoms with Crippen molar-refractivity contribution in [3.05, 3.63) is 59.7 Å². The van der Waals surface area contributed by atoms with Crippen molar-refractivity contribution in [2.45, 2.75) is 18.4 Å². The van der Waals surface area contributed by atoms with Gasteiger partial charge in [-0.2, -0.15) is 0 Å². The lowest BCUT2D eigenvalue weighted by molar-refractivity contribution is -0.858. The second-order valence-corrected chi connectivity index (χ2v) is 6.64. The first-order valence-electron chi connectivity index (χ1n) is 8.09. The summed E-state index contributed by atoms with van der Waals surface area (Å²) in [5.74, 6) is 0. The monoisotopic (exact) mass is 368 g/mol. The first-order chi connectivity index (χ1) is 10.5. The minimum atomic E-state index is -0.873. The third-order valence-electron chi connectivity index (χ3n) is 4.77. The van der Waals surface area contributed by atoms with E-state index < -0.39 is 5.60 Å². The van der Waals surface area contributed by atoms with Crippen molar-refractivity contribution in [2.75, 3.05) is 27.7 Å². The summed E-state index contributed by atoms with van der Waals surface area (Å²) in [6.07, 6.45) is 1.76. The van der Waals surface area contributed by atoms with Gasteiger partial charge in [0.15, 0.2) is 0 Å². The largest absolute Gasteiger partial charge is 1.00 e. The molecule has 0 bridgehead atoms. The van der Waals surface area contributed by atoms with Crippen molar-refractivity contribution < 1.29 is 39.7 Å². The molecule has 0 radical (unpaired) electrons. The second-order valence-electron chi connectivity index (χ2n) is 6.64. The molecule has 0 spiro atoms. The van der Waals surface area contributed by atoms with Crippen LogP contribution in [-0.4, -0.2) is 32.8 Å². The Morgan fingerprint density at radius 1 is 0.917 bits per heavy atom. The number of benzene rings is 2. The van der Waals surface area contributed by atoms with Gasteiger partial charge in [-0.05, 0) is 37.1 Å². The Labute approximate surface area is 157 Å². The highest BCUT2D eigenvalue weighted by atomic mass is 35.5. The molecule has 0 aliphatic carbocycles. The number of halogens is 2. The number of nitrogens with one attached hydrogen (secondary N) is 2. The molecule has 3 nitrogen and oxygen atoms in total. The van der Waals surface area contributed by atoms with Crippen molar-refractivity contribution in [1.82, 2.24) is 0 Å². The van der Waals surface area contributed by atoms with Crippen LogP contribution in [0.3, 0.4) is 0 Å². The molecule has 0 saturated carbocycles. The number of quaternary nitrogens is 2. The summed E-state index contributed by atoms with van der Waals surface area (Å²) in [6, 6.07) is 16.6. The summed E-state index contributed by atoms with van der Waals surface area (Å²) in [7, 11) is 6.47. The predicted molar refractivity (Wildman–Crippen MR) is 89.0 cm³/mol. The van der Waals surface area contributed by atoms with Crippen LogP contribution in [-0.2, 0) is 5.60 Å². The van der Waals surface area contributed by atoms with E-state index in [0.29, 0.717) is 0 Å². The molecule has 0 saturated heterocycles. The number of hydrogen-bond donors (Lipinski definition) is 3. The van der Waals surface area contributed by atoms with E-state index >= 15 is 0 Å². The molecular formula is C19H26Cl2N2O. The maximum atomic E-state index is 11.6. The molecular weight excluding hydrogens is 343 g/mol. The molecule has 0 unspecified atom stereocenters. The van der Waals surface area contributed by atoms with E-state index in [0.717, 1.165) is 30.5 Å². The van der Waals surface area contributed by atoms with Gasteiger partial charge >= 0.3 is 0 Å². The normalized spacial score (nSPS) is 21.3. The fourth-order valence-electron chi connectivity index (χ4n) is 3.60. The standard InChI is InChI=1S/C19H24N2O.2ClH/c1-20(2)14-8-13-19(22)15-9-4-6-11-17(15)21(3)18-12-7-5-10-16(18)19;;/h4-7,9-12,22H,8,13-14H2,1-3H3;2*1H. The van der Waals surface area contributed by atoms with Gasteiger partial charge in [0, 0.05) is 11.1 Å². The number of hydrogen-bond acceptors (Lipinski definition) is 1. The fourth-order valence-corrected chi connectivity index (χ4v) is 3.60. The Balaban J connectivity index is 0.00000144. The summed E-state index contributed by atoms with van der Waals surface area (Å²) in [4.78, 5) is 2.68. The fraction of sp³-hybridized carbons (Fsp3) is 0.368. The number of rotatable bonds is 4. The van der Waals surface area contributed by atoms with Gasteiger partial charge in [-0.15, -0.1) is 0 Å². The van der Waals surface area contributed by atoms with Gasteiger partial charge in [0.25, 0.3) is 0 Å². The molecule has 0 fully saturated rings. The minimum Gasteiger partial charge on any atom is -1.00 e. The molecule has 0 amide bonds. The zero-order chi connectivity index (χ0) is 15.7. The van der Waals surface area contributed by atoms with Crippen LogP contribution >= 0.6 is 0 Å². The number of para-hydroxylation sites is 2. The Kier molecular flexibility index (Phi) is 7.26. The third kappa shape index (κ3) is 3.61. The molecule has 1 aliphatic heterocycles. The van der Waals surface area contributed by atoms with Crippen molar-refractivity contribution >= 4 is 11.4 Å². The van der Waals surface area contributed by atoms with Crippen molar-refractivity contribution in [3.8, 4) is 0 Å². The molecule has 0 aromatic heterocycles. The van der Waals surface area contributed by atoms with E-state index in [1.807, 2.05) is 12.1 Å². The van der Waals surface area contributed by atoms with Gasteiger partial charge in [0.2, 0.25) is 0 Å². The van der Waals surface area contributed by atoms with Crippen LogP contribution < -0.4 is 34.6 Å². The Hall–Kier alpha value is -1.10. The molecule has 1 aliphatic rings. The summed E-state index contributed by atoms with van der Waals surface area (Å²) >= 11 is 0. The maximum absolute atomic E-state index is 11.6. The SMILES string of the molecule is C[NH+](C)CCCC1(O)c2ccccc2[NH+](C)c2ccccc21.[Cl-].[Cl-]. The third-order valence-corrected chi connectivity index (χ3v) is 4.77. The lowest BCUT2D eigenvalue weighted by Crippen LogP contribution is -3.05. The van der Waals surface area contributed by atoms with E-state index in [-0.39, 0.29) is 24.8 Å². The maximum Gasteiger partial charge on any atom is 0.142 e. The lowest BCUT2D eigenvalue weighted by Gasteiger charge is -2.37. The Bertz CT molecular complexity index is 628. The van der Waals surface area contributed by atoms with Crippen molar-refractivity contribution in [3.63, 3.8) is 0 Å². The van der Waals surface area contributed by atoms with Crippen LogP contribution in [0.15, 0.2) is 48.5 Å². The summed E-state index contributed by atoms with van der Waals surface area (Å²) in [5, 5.41) is 11.6. The Morgan fingerprint density at radius 2 is 1.38 bits per heavy atom.